The third-order valence-electron chi connectivity index (χ3n) is 4.45. The van der Waals surface area contributed by atoms with Gasteiger partial charge in [-0.25, -0.2) is 0 Å². The second-order valence-electron chi connectivity index (χ2n) is 6.15. The highest BCUT2D eigenvalue weighted by Crippen LogP contribution is 2.24. The first-order valence-corrected chi connectivity index (χ1v) is 8.51. The summed E-state index contributed by atoms with van der Waals surface area (Å²) in [5.74, 6) is 0.954. The lowest BCUT2D eigenvalue weighted by Crippen LogP contribution is -2.46. The van der Waals surface area contributed by atoms with Crippen LogP contribution in [0.5, 0.6) is 5.75 Å². The number of carbonyl (C=O) groups is 1. The van der Waals surface area contributed by atoms with Gasteiger partial charge in [0.25, 0.3) is 0 Å². The third kappa shape index (κ3) is 4.15. The summed E-state index contributed by atoms with van der Waals surface area (Å²) in [7, 11) is 1.67. The smallest absolute Gasteiger partial charge is 0.237 e. The largest absolute Gasteiger partial charge is 0.497 e. The average Bonchev–Trinajstić information content (AvgIpc) is 2.67. The van der Waals surface area contributed by atoms with Crippen LogP contribution in [0.15, 0.2) is 48.5 Å². The molecule has 126 valence electrons. The molecule has 1 saturated heterocycles. The molecule has 24 heavy (non-hydrogen) atoms. The fourth-order valence-corrected chi connectivity index (χ4v) is 3.01. The molecule has 1 atom stereocenters. The Morgan fingerprint density at radius 2 is 2.00 bits per heavy atom. The van der Waals surface area contributed by atoms with Crippen LogP contribution in [-0.2, 0) is 11.3 Å². The fourth-order valence-electron chi connectivity index (χ4n) is 3.01. The van der Waals surface area contributed by atoms with E-state index in [9.17, 15) is 4.79 Å². The summed E-state index contributed by atoms with van der Waals surface area (Å²) >= 11 is 0. The summed E-state index contributed by atoms with van der Waals surface area (Å²) in [6.07, 6.45) is 3.22. The van der Waals surface area contributed by atoms with E-state index in [0.29, 0.717) is 6.54 Å². The Bertz CT molecular complexity index is 676. The zero-order valence-electron chi connectivity index (χ0n) is 14.0. The van der Waals surface area contributed by atoms with Gasteiger partial charge in [0.2, 0.25) is 5.91 Å². The van der Waals surface area contributed by atoms with E-state index in [1.54, 1.807) is 7.11 Å². The summed E-state index contributed by atoms with van der Waals surface area (Å²) in [5.41, 5.74) is 3.36. The van der Waals surface area contributed by atoms with Gasteiger partial charge in [0.15, 0.2) is 0 Å². The van der Waals surface area contributed by atoms with E-state index in [4.69, 9.17) is 4.74 Å². The summed E-state index contributed by atoms with van der Waals surface area (Å²) in [6, 6.07) is 16.2. The average molecular weight is 324 g/mol. The molecule has 0 bridgehead atoms. The third-order valence-corrected chi connectivity index (χ3v) is 4.45. The normalized spacial score (nSPS) is 17.3. The van der Waals surface area contributed by atoms with E-state index in [1.807, 2.05) is 18.2 Å². The number of nitrogens with one attached hydrogen (secondary N) is 2. The quantitative estimate of drug-likeness (QED) is 0.888. The lowest BCUT2D eigenvalue weighted by molar-refractivity contribution is -0.123. The standard InChI is InChI=1S/C20H24N2O2/c1-24-18-6-4-5-17(13-18)16-10-8-15(9-11-16)14-22-20(23)19-7-2-3-12-21-19/h4-6,8-11,13,19,21H,2-3,7,12,14H2,1H3,(H,22,23). The van der Waals surface area contributed by atoms with Gasteiger partial charge in [0.05, 0.1) is 13.2 Å². The Balaban J connectivity index is 1.59. The van der Waals surface area contributed by atoms with Crippen LogP contribution in [0.1, 0.15) is 24.8 Å². The van der Waals surface area contributed by atoms with Gasteiger partial charge in [-0.3, -0.25) is 4.79 Å². The van der Waals surface area contributed by atoms with Crippen molar-refractivity contribution in [3.8, 4) is 16.9 Å². The highest BCUT2D eigenvalue weighted by atomic mass is 16.5. The van der Waals surface area contributed by atoms with Gasteiger partial charge in [0.1, 0.15) is 5.75 Å². The number of carbonyl (C=O) groups excluding carboxylic acids is 1. The number of hydrogen-bond acceptors (Lipinski definition) is 3. The Hall–Kier alpha value is -2.33. The number of benzene rings is 2. The first-order valence-electron chi connectivity index (χ1n) is 8.51. The minimum Gasteiger partial charge on any atom is -0.497 e. The van der Waals surface area contributed by atoms with Crippen molar-refractivity contribution < 1.29 is 9.53 Å². The van der Waals surface area contributed by atoms with Crippen LogP contribution in [-0.4, -0.2) is 25.6 Å². The summed E-state index contributed by atoms with van der Waals surface area (Å²) in [4.78, 5) is 12.1. The molecule has 1 amide bonds. The molecule has 2 aromatic rings. The van der Waals surface area contributed by atoms with Crippen molar-refractivity contribution in [3.63, 3.8) is 0 Å². The van der Waals surface area contributed by atoms with Crippen LogP contribution in [0.25, 0.3) is 11.1 Å². The molecule has 2 aromatic carbocycles. The Morgan fingerprint density at radius 1 is 1.17 bits per heavy atom. The highest BCUT2D eigenvalue weighted by molar-refractivity contribution is 5.81. The SMILES string of the molecule is COc1cccc(-c2ccc(CNC(=O)C3CCCCN3)cc2)c1. The molecule has 0 radical (unpaired) electrons. The van der Waals surface area contributed by atoms with Crippen LogP contribution in [0.4, 0.5) is 0 Å². The maximum Gasteiger partial charge on any atom is 0.237 e. The minimum atomic E-state index is -0.0326. The fraction of sp³-hybridized carbons (Fsp3) is 0.350. The number of methoxy groups -OCH3 is 1. The summed E-state index contributed by atoms with van der Waals surface area (Å²) < 4.78 is 5.27. The van der Waals surface area contributed by atoms with E-state index < -0.39 is 0 Å². The van der Waals surface area contributed by atoms with Gasteiger partial charge in [-0.2, -0.15) is 0 Å². The maximum absolute atomic E-state index is 12.1. The van der Waals surface area contributed by atoms with Gasteiger partial charge < -0.3 is 15.4 Å². The molecule has 0 saturated carbocycles. The minimum absolute atomic E-state index is 0.0326. The molecular formula is C20H24N2O2. The van der Waals surface area contributed by atoms with Gasteiger partial charge in [-0.1, -0.05) is 42.8 Å². The highest BCUT2D eigenvalue weighted by Gasteiger charge is 2.19. The van der Waals surface area contributed by atoms with E-state index >= 15 is 0 Å². The molecule has 4 heteroatoms. The molecule has 1 unspecified atom stereocenters. The molecule has 1 heterocycles. The lowest BCUT2D eigenvalue weighted by atomic mass is 10.0. The molecule has 0 spiro atoms. The number of rotatable bonds is 5. The number of ether oxygens (including phenoxy) is 1. The van der Waals surface area contributed by atoms with Crippen molar-refractivity contribution in [2.24, 2.45) is 0 Å². The van der Waals surface area contributed by atoms with Gasteiger partial charge in [-0.05, 0) is 48.2 Å². The molecule has 0 aromatic heterocycles. The number of piperidine rings is 1. The van der Waals surface area contributed by atoms with Crippen molar-refractivity contribution in [1.29, 1.82) is 0 Å². The lowest BCUT2D eigenvalue weighted by Gasteiger charge is -2.22. The maximum atomic E-state index is 12.1. The van der Waals surface area contributed by atoms with Crippen LogP contribution >= 0.6 is 0 Å². The van der Waals surface area contributed by atoms with E-state index in [-0.39, 0.29) is 11.9 Å². The van der Waals surface area contributed by atoms with E-state index in [2.05, 4.69) is 41.0 Å². The molecule has 1 aliphatic heterocycles. The first kappa shape index (κ1) is 16.5. The molecular weight excluding hydrogens is 300 g/mol. The van der Waals surface area contributed by atoms with Gasteiger partial charge >= 0.3 is 0 Å². The van der Waals surface area contributed by atoms with E-state index in [0.717, 1.165) is 48.2 Å². The molecule has 1 fully saturated rings. The zero-order valence-corrected chi connectivity index (χ0v) is 14.0. The second kappa shape index (κ2) is 7.97. The number of hydrogen-bond donors (Lipinski definition) is 2. The van der Waals surface area contributed by atoms with Crippen LogP contribution in [0, 0.1) is 0 Å². The Labute approximate surface area is 143 Å². The molecule has 4 nitrogen and oxygen atoms in total. The topological polar surface area (TPSA) is 50.4 Å². The summed E-state index contributed by atoms with van der Waals surface area (Å²) in [6.45, 7) is 1.50. The molecule has 3 rings (SSSR count). The van der Waals surface area contributed by atoms with Crippen LogP contribution < -0.4 is 15.4 Å². The van der Waals surface area contributed by atoms with E-state index in [1.165, 1.54) is 0 Å². The predicted octanol–water partition coefficient (Wildman–Crippen LogP) is 3.12. The van der Waals surface area contributed by atoms with Crippen LogP contribution in [0.3, 0.4) is 0 Å². The molecule has 1 aliphatic rings. The molecule has 2 N–H and O–H groups in total. The molecule has 0 aliphatic carbocycles. The van der Waals surface area contributed by atoms with Gasteiger partial charge in [-0.15, -0.1) is 0 Å². The number of amides is 1. The predicted molar refractivity (Wildman–Crippen MR) is 95.9 cm³/mol. The van der Waals surface area contributed by atoms with Crippen molar-refractivity contribution in [2.45, 2.75) is 31.8 Å². The first-order chi connectivity index (χ1) is 11.8. The summed E-state index contributed by atoms with van der Waals surface area (Å²) in [5, 5.41) is 6.30. The van der Waals surface area contributed by atoms with Crippen LogP contribution in [0.2, 0.25) is 0 Å². The van der Waals surface area contributed by atoms with Crippen molar-refractivity contribution in [1.82, 2.24) is 10.6 Å². The Kier molecular flexibility index (Phi) is 5.49. The van der Waals surface area contributed by atoms with Crippen molar-refractivity contribution >= 4 is 5.91 Å². The monoisotopic (exact) mass is 324 g/mol. The second-order valence-corrected chi connectivity index (χ2v) is 6.15. The zero-order chi connectivity index (χ0) is 16.8. The van der Waals surface area contributed by atoms with Gasteiger partial charge in [0, 0.05) is 6.54 Å². The van der Waals surface area contributed by atoms with Crippen molar-refractivity contribution in [3.05, 3.63) is 54.1 Å². The van der Waals surface area contributed by atoms with Crippen molar-refractivity contribution in [2.75, 3.05) is 13.7 Å². The Morgan fingerprint density at radius 3 is 2.71 bits per heavy atom.